The number of hydrogen-bond donors (Lipinski definition) is 3. The van der Waals surface area contributed by atoms with Gasteiger partial charge in [-0.2, -0.15) is 13.2 Å². The zero-order valence-electron chi connectivity index (χ0n) is 16.8. The first kappa shape index (κ1) is 21.3. The number of aryl methyl sites for hydroxylation is 1. The first-order valence-electron chi connectivity index (χ1n) is 9.42. The lowest BCUT2D eigenvalue weighted by molar-refractivity contribution is -0.141. The van der Waals surface area contributed by atoms with Gasteiger partial charge in [-0.25, -0.2) is 15.0 Å². The van der Waals surface area contributed by atoms with Crippen molar-refractivity contribution in [1.29, 1.82) is 0 Å². The summed E-state index contributed by atoms with van der Waals surface area (Å²) in [7, 11) is 0. The van der Waals surface area contributed by atoms with Crippen LogP contribution in [0.4, 0.5) is 18.9 Å². The number of pyridine rings is 1. The molecule has 0 spiro atoms. The predicted molar refractivity (Wildman–Crippen MR) is 109 cm³/mol. The van der Waals surface area contributed by atoms with Gasteiger partial charge in [0, 0.05) is 11.3 Å². The highest BCUT2D eigenvalue weighted by molar-refractivity contribution is 6.06. The van der Waals surface area contributed by atoms with E-state index in [1.54, 1.807) is 25.1 Å². The summed E-state index contributed by atoms with van der Waals surface area (Å²) >= 11 is 0. The minimum Gasteiger partial charge on any atom is -0.476 e. The third-order valence-electron chi connectivity index (χ3n) is 4.90. The summed E-state index contributed by atoms with van der Waals surface area (Å²) in [6, 6.07) is 7.34. The number of nitrogens with one attached hydrogen (secondary N) is 1. The van der Waals surface area contributed by atoms with Crippen molar-refractivity contribution < 1.29 is 22.7 Å². The van der Waals surface area contributed by atoms with Crippen molar-refractivity contribution in [3.05, 3.63) is 59.4 Å². The van der Waals surface area contributed by atoms with E-state index in [1.165, 1.54) is 17.2 Å². The van der Waals surface area contributed by atoms with E-state index in [1.807, 2.05) is 0 Å². The summed E-state index contributed by atoms with van der Waals surface area (Å²) in [4.78, 5) is 26.3. The molecule has 0 unspecified atom stereocenters. The number of fused-ring (bicyclic) bond motifs is 1. The fourth-order valence-corrected chi connectivity index (χ4v) is 3.34. The number of ether oxygens (including phenoxy) is 1. The molecule has 1 aliphatic heterocycles. The molecule has 32 heavy (non-hydrogen) atoms. The van der Waals surface area contributed by atoms with Crippen molar-refractivity contribution in [3.8, 4) is 11.4 Å². The number of nitrogens with two attached hydrogens (primary N) is 2. The molecule has 1 aliphatic rings. The van der Waals surface area contributed by atoms with Gasteiger partial charge >= 0.3 is 6.18 Å². The fourth-order valence-electron chi connectivity index (χ4n) is 3.34. The second-order valence-corrected chi connectivity index (χ2v) is 6.98. The first-order chi connectivity index (χ1) is 15.2. The zero-order chi connectivity index (χ0) is 23.0. The van der Waals surface area contributed by atoms with Crippen molar-refractivity contribution in [2.75, 3.05) is 18.1 Å². The number of benzene rings is 1. The molecule has 0 saturated carbocycles. The predicted octanol–water partition coefficient (Wildman–Crippen LogP) is 1.97. The smallest absolute Gasteiger partial charge is 0.433 e. The lowest BCUT2D eigenvalue weighted by Gasteiger charge is -2.23. The second-order valence-electron chi connectivity index (χ2n) is 6.98. The molecule has 0 fully saturated rings. The number of nitrogens with zero attached hydrogens (tertiary/aromatic N) is 4. The van der Waals surface area contributed by atoms with Gasteiger partial charge in [-0.1, -0.05) is 0 Å². The standard InChI is InChI=1S/C20H18F3N7O2/c1-10-8-11(2-4-14(10)30-6-7-32-17(24)16(29-25)19(30)31)18-26-9-13-12(28-18)3-5-15(27-13)20(21,22)23/h2-5,8-9,29H,6-7,24-25H2,1H3. The Bertz CT molecular complexity index is 1240. The van der Waals surface area contributed by atoms with E-state index in [2.05, 4.69) is 20.4 Å². The molecule has 0 aliphatic carbocycles. The number of carbonyl (C=O) groups is 1. The molecule has 1 aromatic carbocycles. The van der Waals surface area contributed by atoms with E-state index >= 15 is 0 Å². The van der Waals surface area contributed by atoms with Gasteiger partial charge in [-0.05, 0) is 42.8 Å². The van der Waals surface area contributed by atoms with Gasteiger partial charge in [0.15, 0.2) is 11.5 Å². The Kier molecular flexibility index (Phi) is 5.30. The average molecular weight is 445 g/mol. The molecule has 4 rings (SSSR count). The number of alkyl halides is 3. The van der Waals surface area contributed by atoms with Crippen molar-refractivity contribution in [3.63, 3.8) is 0 Å². The molecule has 9 nitrogen and oxygen atoms in total. The van der Waals surface area contributed by atoms with Gasteiger partial charge in [0.2, 0.25) is 5.88 Å². The van der Waals surface area contributed by atoms with E-state index in [0.717, 1.165) is 11.6 Å². The van der Waals surface area contributed by atoms with Gasteiger partial charge in [0.1, 0.15) is 17.8 Å². The van der Waals surface area contributed by atoms with Crippen LogP contribution in [-0.2, 0) is 15.7 Å². The Morgan fingerprint density at radius 2 is 1.94 bits per heavy atom. The summed E-state index contributed by atoms with van der Waals surface area (Å²) in [5.41, 5.74) is 9.24. The molecular formula is C20H18F3N7O2. The summed E-state index contributed by atoms with van der Waals surface area (Å²) < 4.78 is 43.9. The van der Waals surface area contributed by atoms with Gasteiger partial charge in [-0.15, -0.1) is 0 Å². The van der Waals surface area contributed by atoms with Gasteiger partial charge in [0.25, 0.3) is 5.91 Å². The molecular weight excluding hydrogens is 427 g/mol. The van der Waals surface area contributed by atoms with Crippen LogP contribution in [0.3, 0.4) is 0 Å². The normalized spacial score (nSPS) is 15.0. The number of hydrogen-bond acceptors (Lipinski definition) is 8. The molecule has 0 atom stereocenters. The highest BCUT2D eigenvalue weighted by Crippen LogP contribution is 2.30. The molecule has 166 valence electrons. The number of aromatic nitrogens is 3. The number of carbonyl (C=O) groups excluding carboxylic acids is 1. The number of anilines is 1. The van der Waals surface area contributed by atoms with E-state index in [4.69, 9.17) is 16.3 Å². The minimum atomic E-state index is -4.55. The minimum absolute atomic E-state index is 0.0401. The van der Waals surface area contributed by atoms with Crippen LogP contribution in [0, 0.1) is 6.92 Å². The maximum absolute atomic E-state index is 12.9. The van der Waals surface area contributed by atoms with Crippen molar-refractivity contribution >= 4 is 22.6 Å². The topological polar surface area (TPSA) is 132 Å². The Hall–Kier alpha value is -3.93. The maximum atomic E-state index is 12.9. The Morgan fingerprint density at radius 1 is 1.16 bits per heavy atom. The molecule has 12 heteroatoms. The lowest BCUT2D eigenvalue weighted by Crippen LogP contribution is -2.40. The van der Waals surface area contributed by atoms with Crippen LogP contribution in [0.1, 0.15) is 11.3 Å². The molecule has 5 N–H and O–H groups in total. The van der Waals surface area contributed by atoms with Crippen molar-refractivity contribution in [2.45, 2.75) is 13.1 Å². The van der Waals surface area contributed by atoms with Crippen LogP contribution in [0.25, 0.3) is 22.4 Å². The molecule has 0 saturated heterocycles. The van der Waals surface area contributed by atoms with Crippen LogP contribution in [0.15, 0.2) is 48.1 Å². The summed E-state index contributed by atoms with van der Waals surface area (Å²) in [5.74, 6) is 5.20. The van der Waals surface area contributed by atoms with Crippen LogP contribution in [0.2, 0.25) is 0 Å². The van der Waals surface area contributed by atoms with Crippen molar-refractivity contribution in [1.82, 2.24) is 20.4 Å². The second kappa shape index (κ2) is 7.96. The van der Waals surface area contributed by atoms with E-state index in [-0.39, 0.29) is 35.8 Å². The number of amides is 1. The van der Waals surface area contributed by atoms with Crippen LogP contribution in [0.5, 0.6) is 0 Å². The Balaban J connectivity index is 1.67. The van der Waals surface area contributed by atoms with Crippen LogP contribution >= 0.6 is 0 Å². The maximum Gasteiger partial charge on any atom is 0.433 e. The number of hydrazine groups is 1. The number of halogens is 3. The molecule has 1 amide bonds. The lowest BCUT2D eigenvalue weighted by atomic mass is 10.1. The zero-order valence-corrected chi connectivity index (χ0v) is 16.8. The largest absolute Gasteiger partial charge is 0.476 e. The third kappa shape index (κ3) is 3.87. The summed E-state index contributed by atoms with van der Waals surface area (Å²) in [5, 5.41) is 0. The Morgan fingerprint density at radius 3 is 2.62 bits per heavy atom. The third-order valence-corrected chi connectivity index (χ3v) is 4.90. The fraction of sp³-hybridized carbons (Fsp3) is 0.200. The van der Waals surface area contributed by atoms with E-state index in [0.29, 0.717) is 17.1 Å². The SMILES string of the molecule is Cc1cc(-c2ncc3nc(C(F)(F)F)ccc3n2)ccc1N1CCOC(N)=C(NN)C1=O. The molecule has 3 aromatic rings. The van der Waals surface area contributed by atoms with Gasteiger partial charge in [0.05, 0.1) is 18.3 Å². The molecule has 3 heterocycles. The Labute approximate surface area is 179 Å². The number of rotatable bonds is 3. The highest BCUT2D eigenvalue weighted by atomic mass is 19.4. The molecule has 2 aromatic heterocycles. The van der Waals surface area contributed by atoms with E-state index < -0.39 is 17.8 Å². The molecule has 0 bridgehead atoms. The first-order valence-corrected chi connectivity index (χ1v) is 9.42. The quantitative estimate of drug-likeness (QED) is 0.412. The molecule has 0 radical (unpaired) electrons. The van der Waals surface area contributed by atoms with Gasteiger partial charge < -0.3 is 20.8 Å². The average Bonchev–Trinajstić information content (AvgIpc) is 2.89. The van der Waals surface area contributed by atoms with Crippen molar-refractivity contribution in [2.24, 2.45) is 11.6 Å². The van der Waals surface area contributed by atoms with Crippen LogP contribution < -0.4 is 21.9 Å². The summed E-state index contributed by atoms with van der Waals surface area (Å²) in [6.07, 6.45) is -3.30. The summed E-state index contributed by atoms with van der Waals surface area (Å²) in [6.45, 7) is 2.24. The highest BCUT2D eigenvalue weighted by Gasteiger charge is 2.32. The van der Waals surface area contributed by atoms with Crippen LogP contribution in [-0.4, -0.2) is 34.0 Å². The monoisotopic (exact) mass is 445 g/mol. The van der Waals surface area contributed by atoms with Gasteiger partial charge in [-0.3, -0.25) is 10.6 Å². The van der Waals surface area contributed by atoms with E-state index in [9.17, 15) is 18.0 Å².